The minimum Gasteiger partial charge on any atom is -0.486 e. The van der Waals surface area contributed by atoms with Crippen molar-refractivity contribution in [2.45, 2.75) is 52.2 Å². The molecule has 5 rings (SSSR count). The molecule has 2 saturated heterocycles. The third-order valence-corrected chi connectivity index (χ3v) is 6.85. The minimum absolute atomic E-state index is 0.229. The van der Waals surface area contributed by atoms with E-state index in [9.17, 15) is 4.79 Å². The van der Waals surface area contributed by atoms with Crippen LogP contribution in [0, 0.1) is 5.92 Å². The van der Waals surface area contributed by atoms with Crippen LogP contribution in [0.2, 0.25) is 0 Å². The number of aromatic nitrogens is 2. The van der Waals surface area contributed by atoms with Crippen molar-refractivity contribution in [1.82, 2.24) is 14.9 Å². The van der Waals surface area contributed by atoms with E-state index < -0.39 is 5.60 Å². The summed E-state index contributed by atoms with van der Waals surface area (Å²) < 4.78 is 17.3. The van der Waals surface area contributed by atoms with Gasteiger partial charge in [-0.25, -0.2) is 14.8 Å². The number of ether oxygens (including phenoxy) is 3. The predicted octanol–water partition coefficient (Wildman–Crippen LogP) is 4.31. The molecule has 4 heterocycles. The maximum atomic E-state index is 12.5. The highest BCUT2D eigenvalue weighted by atomic mass is 16.6. The van der Waals surface area contributed by atoms with E-state index in [1.54, 1.807) is 6.33 Å². The maximum Gasteiger partial charge on any atom is 0.410 e. The first-order valence-electron chi connectivity index (χ1n) is 12.5. The fraction of sp³-hybridized carbons (Fsp3) is 0.577. The molecule has 0 saturated carbocycles. The summed E-state index contributed by atoms with van der Waals surface area (Å²) in [7, 11) is 0. The van der Waals surface area contributed by atoms with Crippen LogP contribution >= 0.6 is 0 Å². The Morgan fingerprint density at radius 2 is 1.97 bits per heavy atom. The van der Waals surface area contributed by atoms with Crippen LogP contribution in [-0.2, 0) is 16.1 Å². The molecular formula is C26H35N5O4. The van der Waals surface area contributed by atoms with Gasteiger partial charge in [-0.2, -0.15) is 0 Å². The molecule has 0 bridgehead atoms. The number of likely N-dealkylation sites (tertiary alicyclic amines) is 1. The third kappa shape index (κ3) is 5.15. The number of benzene rings is 1. The molecule has 1 aromatic heterocycles. The number of hydrogen-bond acceptors (Lipinski definition) is 8. The van der Waals surface area contributed by atoms with Gasteiger partial charge < -0.3 is 29.3 Å². The number of nitrogens with one attached hydrogen (secondary N) is 1. The topological polar surface area (TPSA) is 89.0 Å². The smallest absolute Gasteiger partial charge is 0.410 e. The molecule has 0 spiro atoms. The molecule has 35 heavy (non-hydrogen) atoms. The number of carbonyl (C=O) groups excluding carboxylic acids is 1. The summed E-state index contributed by atoms with van der Waals surface area (Å²) >= 11 is 0. The lowest BCUT2D eigenvalue weighted by Crippen LogP contribution is -2.44. The molecule has 0 radical (unpaired) electrons. The fourth-order valence-electron chi connectivity index (χ4n) is 5.10. The maximum absolute atomic E-state index is 12.5. The number of piperidine rings is 1. The van der Waals surface area contributed by atoms with E-state index >= 15 is 0 Å². The van der Waals surface area contributed by atoms with Gasteiger partial charge in [0.2, 0.25) is 0 Å². The van der Waals surface area contributed by atoms with Gasteiger partial charge in [-0.1, -0.05) is 13.0 Å². The van der Waals surface area contributed by atoms with Crippen molar-refractivity contribution in [3.05, 3.63) is 35.7 Å². The molecule has 2 atom stereocenters. The van der Waals surface area contributed by atoms with Crippen LogP contribution in [0.3, 0.4) is 0 Å². The number of carbonyl (C=O) groups is 1. The zero-order chi connectivity index (χ0) is 24.6. The van der Waals surface area contributed by atoms with E-state index in [1.165, 1.54) is 5.56 Å². The van der Waals surface area contributed by atoms with E-state index in [-0.39, 0.29) is 6.09 Å². The van der Waals surface area contributed by atoms with Gasteiger partial charge in [-0.3, -0.25) is 0 Å². The van der Waals surface area contributed by atoms with Gasteiger partial charge in [0, 0.05) is 26.2 Å². The number of anilines is 3. The SMILES string of the molecule is CC1CN(C(=O)OC(C)(C)C)CCC1c1ccc2c(c1)Nc1ncnc(N3CCOCC3)c1CO2. The Balaban J connectivity index is 1.33. The Bertz CT molecular complexity index is 1080. The van der Waals surface area contributed by atoms with Gasteiger partial charge in [0.15, 0.2) is 0 Å². The number of hydrogen-bond donors (Lipinski definition) is 1. The van der Waals surface area contributed by atoms with Gasteiger partial charge >= 0.3 is 6.09 Å². The summed E-state index contributed by atoms with van der Waals surface area (Å²) in [6.07, 6.45) is 2.27. The van der Waals surface area contributed by atoms with Crippen molar-refractivity contribution < 1.29 is 19.0 Å². The van der Waals surface area contributed by atoms with E-state index in [0.29, 0.717) is 44.7 Å². The number of amides is 1. The van der Waals surface area contributed by atoms with E-state index in [0.717, 1.165) is 48.1 Å². The Labute approximate surface area is 206 Å². The summed E-state index contributed by atoms with van der Waals surface area (Å²) in [4.78, 5) is 25.7. The average Bonchev–Trinajstić information content (AvgIpc) is 3.02. The van der Waals surface area contributed by atoms with Crippen LogP contribution in [0.1, 0.15) is 51.2 Å². The predicted molar refractivity (Wildman–Crippen MR) is 133 cm³/mol. The fourth-order valence-corrected chi connectivity index (χ4v) is 5.10. The quantitative estimate of drug-likeness (QED) is 0.679. The Kier molecular flexibility index (Phi) is 6.44. The number of nitrogens with zero attached hydrogens (tertiary/aromatic N) is 4. The van der Waals surface area contributed by atoms with Gasteiger partial charge in [-0.05, 0) is 56.7 Å². The van der Waals surface area contributed by atoms with Crippen LogP contribution in [0.4, 0.5) is 22.1 Å². The number of rotatable bonds is 2. The van der Waals surface area contributed by atoms with E-state index in [1.807, 2.05) is 31.7 Å². The van der Waals surface area contributed by atoms with Crippen LogP contribution in [0.5, 0.6) is 5.75 Å². The molecule has 3 aliphatic rings. The first-order chi connectivity index (χ1) is 16.8. The van der Waals surface area contributed by atoms with Gasteiger partial charge in [0.05, 0.1) is 24.5 Å². The molecule has 9 heteroatoms. The zero-order valence-electron chi connectivity index (χ0n) is 21.0. The van der Waals surface area contributed by atoms with E-state index in [4.69, 9.17) is 14.2 Å². The van der Waals surface area contributed by atoms with Crippen molar-refractivity contribution in [2.24, 2.45) is 5.92 Å². The van der Waals surface area contributed by atoms with Crippen molar-refractivity contribution in [3.8, 4) is 5.75 Å². The average molecular weight is 482 g/mol. The first kappa shape index (κ1) is 23.7. The number of morpholine rings is 1. The second kappa shape index (κ2) is 9.53. The zero-order valence-corrected chi connectivity index (χ0v) is 21.0. The normalized spacial score (nSPS) is 22.3. The molecule has 188 valence electrons. The molecule has 3 aliphatic heterocycles. The summed E-state index contributed by atoms with van der Waals surface area (Å²) in [5.74, 6) is 3.15. The van der Waals surface area contributed by atoms with Crippen LogP contribution in [-0.4, -0.2) is 66.0 Å². The van der Waals surface area contributed by atoms with Crippen LogP contribution in [0.25, 0.3) is 0 Å². The molecule has 2 unspecified atom stereocenters. The molecule has 9 nitrogen and oxygen atoms in total. The highest BCUT2D eigenvalue weighted by molar-refractivity contribution is 5.72. The van der Waals surface area contributed by atoms with E-state index in [2.05, 4.69) is 39.2 Å². The molecule has 1 aromatic carbocycles. The standard InChI is InChI=1S/C26H35N5O4/c1-17-14-31(25(32)35-26(2,3)4)8-7-19(17)18-5-6-22-21(13-18)29-23-20(15-34-22)24(28-16-27-23)30-9-11-33-12-10-30/h5-6,13,16-17,19H,7-12,14-15H2,1-4H3,(H,27,28,29). The van der Waals surface area contributed by atoms with Crippen molar-refractivity contribution >= 4 is 23.4 Å². The molecule has 2 aromatic rings. The molecular weight excluding hydrogens is 446 g/mol. The minimum atomic E-state index is -0.485. The lowest BCUT2D eigenvalue weighted by Gasteiger charge is -2.38. The van der Waals surface area contributed by atoms with Crippen LogP contribution in [0.15, 0.2) is 24.5 Å². The Morgan fingerprint density at radius 3 is 2.71 bits per heavy atom. The van der Waals surface area contributed by atoms with Gasteiger partial charge in [-0.15, -0.1) is 0 Å². The number of fused-ring (bicyclic) bond motifs is 2. The van der Waals surface area contributed by atoms with Gasteiger partial charge in [0.1, 0.15) is 35.9 Å². The molecule has 2 fully saturated rings. The summed E-state index contributed by atoms with van der Waals surface area (Å²) in [5.41, 5.74) is 2.63. The summed E-state index contributed by atoms with van der Waals surface area (Å²) in [6, 6.07) is 6.36. The van der Waals surface area contributed by atoms with Crippen molar-refractivity contribution in [3.63, 3.8) is 0 Å². The molecule has 1 N–H and O–H groups in total. The first-order valence-corrected chi connectivity index (χ1v) is 12.5. The van der Waals surface area contributed by atoms with Gasteiger partial charge in [0.25, 0.3) is 0 Å². The summed E-state index contributed by atoms with van der Waals surface area (Å²) in [5, 5.41) is 3.51. The van der Waals surface area contributed by atoms with Crippen molar-refractivity contribution in [1.29, 1.82) is 0 Å². The second-order valence-corrected chi connectivity index (χ2v) is 10.6. The summed E-state index contributed by atoms with van der Waals surface area (Å²) in [6.45, 7) is 12.7. The molecule has 0 aliphatic carbocycles. The van der Waals surface area contributed by atoms with Crippen LogP contribution < -0.4 is 15.0 Å². The molecule has 1 amide bonds. The Morgan fingerprint density at radius 1 is 1.17 bits per heavy atom. The highest BCUT2D eigenvalue weighted by Gasteiger charge is 2.33. The monoisotopic (exact) mass is 481 g/mol. The highest BCUT2D eigenvalue weighted by Crippen LogP contribution is 2.40. The van der Waals surface area contributed by atoms with Crippen molar-refractivity contribution in [2.75, 3.05) is 49.6 Å². The second-order valence-electron chi connectivity index (χ2n) is 10.6. The largest absolute Gasteiger partial charge is 0.486 e. The Hall–Kier alpha value is -3.07. The third-order valence-electron chi connectivity index (χ3n) is 6.85. The lowest BCUT2D eigenvalue weighted by atomic mass is 9.81. The lowest BCUT2D eigenvalue weighted by molar-refractivity contribution is 0.0155.